The summed E-state index contributed by atoms with van der Waals surface area (Å²) in [6, 6.07) is 9.33. The Balaban J connectivity index is 1.99. The molecule has 2 rings (SSSR count). The molecular formula is C16H21N3O2S. The standard InChI is InChI=1S/C16H21N3O2S/c1-11(21-3)14-19-13(10-22-14)9-18-15(20)16(2,17)12-7-5-4-6-8-12/h4-8,10-11H,9,17H2,1-3H3,(H,18,20). The van der Waals surface area contributed by atoms with Gasteiger partial charge in [0.05, 0.1) is 12.2 Å². The highest BCUT2D eigenvalue weighted by atomic mass is 32.1. The van der Waals surface area contributed by atoms with Gasteiger partial charge in [0.2, 0.25) is 5.91 Å². The van der Waals surface area contributed by atoms with Crippen molar-refractivity contribution in [2.24, 2.45) is 5.73 Å². The lowest BCUT2D eigenvalue weighted by atomic mass is 9.92. The molecule has 1 aromatic heterocycles. The highest BCUT2D eigenvalue weighted by molar-refractivity contribution is 7.09. The molecule has 0 spiro atoms. The SMILES string of the molecule is COC(C)c1nc(CNC(=O)C(C)(N)c2ccccc2)cs1. The minimum atomic E-state index is -1.07. The predicted molar refractivity (Wildman–Crippen MR) is 87.4 cm³/mol. The zero-order valence-corrected chi connectivity index (χ0v) is 13.8. The van der Waals surface area contributed by atoms with Crippen LogP contribution in [0.3, 0.4) is 0 Å². The summed E-state index contributed by atoms with van der Waals surface area (Å²) in [5.41, 5.74) is 6.69. The first kappa shape index (κ1) is 16.6. The molecule has 2 atom stereocenters. The number of thiazole rings is 1. The number of aromatic nitrogens is 1. The number of nitrogens with two attached hydrogens (primary N) is 1. The number of methoxy groups -OCH3 is 1. The maximum atomic E-state index is 12.4. The molecular weight excluding hydrogens is 298 g/mol. The number of nitrogens with one attached hydrogen (secondary N) is 1. The molecule has 0 aliphatic rings. The van der Waals surface area contributed by atoms with Gasteiger partial charge < -0.3 is 15.8 Å². The first-order chi connectivity index (χ1) is 10.4. The molecule has 0 fully saturated rings. The summed E-state index contributed by atoms with van der Waals surface area (Å²) in [7, 11) is 1.65. The van der Waals surface area contributed by atoms with Gasteiger partial charge in [-0.25, -0.2) is 4.98 Å². The summed E-state index contributed by atoms with van der Waals surface area (Å²) < 4.78 is 5.23. The van der Waals surface area contributed by atoms with Gasteiger partial charge in [0.1, 0.15) is 16.7 Å². The number of carbonyl (C=O) groups is 1. The Bertz CT molecular complexity index is 625. The highest BCUT2D eigenvalue weighted by Gasteiger charge is 2.30. The van der Waals surface area contributed by atoms with Crippen LogP contribution >= 0.6 is 11.3 Å². The first-order valence-corrected chi connectivity index (χ1v) is 7.93. The van der Waals surface area contributed by atoms with Crippen LogP contribution in [-0.2, 0) is 21.6 Å². The molecule has 1 heterocycles. The number of rotatable bonds is 6. The quantitative estimate of drug-likeness (QED) is 0.857. The van der Waals surface area contributed by atoms with Crippen LogP contribution in [0.5, 0.6) is 0 Å². The van der Waals surface area contributed by atoms with Gasteiger partial charge in [-0.05, 0) is 19.4 Å². The third kappa shape index (κ3) is 3.71. The van der Waals surface area contributed by atoms with Crippen molar-refractivity contribution in [3.05, 3.63) is 52.0 Å². The van der Waals surface area contributed by atoms with Crippen molar-refractivity contribution >= 4 is 17.2 Å². The van der Waals surface area contributed by atoms with Gasteiger partial charge in [-0.15, -0.1) is 11.3 Å². The number of amides is 1. The Kier molecular flexibility index (Phi) is 5.28. The summed E-state index contributed by atoms with van der Waals surface area (Å²) >= 11 is 1.52. The fourth-order valence-corrected chi connectivity index (χ4v) is 2.81. The average Bonchev–Trinajstić information content (AvgIpc) is 3.01. The Labute approximate surface area is 134 Å². The second kappa shape index (κ2) is 7.00. The maximum Gasteiger partial charge on any atom is 0.244 e. The fraction of sp³-hybridized carbons (Fsp3) is 0.375. The zero-order chi connectivity index (χ0) is 16.2. The molecule has 0 bridgehead atoms. The van der Waals surface area contributed by atoms with Crippen LogP contribution in [0, 0.1) is 0 Å². The molecule has 2 unspecified atom stereocenters. The largest absolute Gasteiger partial charge is 0.375 e. The lowest BCUT2D eigenvalue weighted by Crippen LogP contribution is -2.48. The molecule has 1 aromatic carbocycles. The van der Waals surface area contributed by atoms with Gasteiger partial charge in [-0.1, -0.05) is 30.3 Å². The molecule has 3 N–H and O–H groups in total. The van der Waals surface area contributed by atoms with E-state index in [9.17, 15) is 4.79 Å². The third-order valence-corrected chi connectivity index (χ3v) is 4.60. The molecule has 0 saturated carbocycles. The number of hydrogen-bond donors (Lipinski definition) is 2. The van der Waals surface area contributed by atoms with E-state index in [0.29, 0.717) is 6.54 Å². The molecule has 0 aliphatic heterocycles. The van der Waals surface area contributed by atoms with Gasteiger partial charge in [0.25, 0.3) is 0 Å². The lowest BCUT2D eigenvalue weighted by Gasteiger charge is -2.23. The molecule has 1 amide bonds. The van der Waals surface area contributed by atoms with Gasteiger partial charge >= 0.3 is 0 Å². The van der Waals surface area contributed by atoms with E-state index < -0.39 is 5.54 Å². The van der Waals surface area contributed by atoms with E-state index in [1.807, 2.05) is 42.6 Å². The number of carbonyl (C=O) groups excluding carboxylic acids is 1. The summed E-state index contributed by atoms with van der Waals surface area (Å²) in [5, 5.41) is 5.66. The van der Waals surface area contributed by atoms with E-state index >= 15 is 0 Å². The smallest absolute Gasteiger partial charge is 0.244 e. The topological polar surface area (TPSA) is 77.2 Å². The maximum absolute atomic E-state index is 12.4. The van der Waals surface area contributed by atoms with Crippen LogP contribution in [0.2, 0.25) is 0 Å². The summed E-state index contributed by atoms with van der Waals surface area (Å²) in [6.45, 7) is 4.00. The van der Waals surface area contributed by atoms with E-state index in [0.717, 1.165) is 16.3 Å². The number of nitrogens with zero attached hydrogens (tertiary/aromatic N) is 1. The molecule has 2 aromatic rings. The minimum Gasteiger partial charge on any atom is -0.375 e. The second-order valence-electron chi connectivity index (χ2n) is 5.31. The highest BCUT2D eigenvalue weighted by Crippen LogP contribution is 2.21. The lowest BCUT2D eigenvalue weighted by molar-refractivity contribution is -0.126. The molecule has 22 heavy (non-hydrogen) atoms. The monoisotopic (exact) mass is 319 g/mol. The minimum absolute atomic E-state index is 0.0430. The number of benzene rings is 1. The van der Waals surface area contributed by atoms with Crippen molar-refractivity contribution in [1.82, 2.24) is 10.3 Å². The van der Waals surface area contributed by atoms with Gasteiger partial charge in [-0.2, -0.15) is 0 Å². The average molecular weight is 319 g/mol. The normalized spacial score (nSPS) is 15.1. The van der Waals surface area contributed by atoms with E-state index in [2.05, 4.69) is 10.3 Å². The molecule has 5 nitrogen and oxygen atoms in total. The summed E-state index contributed by atoms with van der Waals surface area (Å²) in [6.07, 6.45) is -0.0430. The molecule has 6 heteroatoms. The van der Waals surface area contributed by atoms with Crippen molar-refractivity contribution in [1.29, 1.82) is 0 Å². The molecule has 0 saturated heterocycles. The van der Waals surface area contributed by atoms with Crippen molar-refractivity contribution in [2.45, 2.75) is 32.0 Å². The van der Waals surface area contributed by atoms with Crippen molar-refractivity contribution < 1.29 is 9.53 Å². The number of hydrogen-bond acceptors (Lipinski definition) is 5. The Hall–Kier alpha value is -1.76. The predicted octanol–water partition coefficient (Wildman–Crippen LogP) is 2.34. The van der Waals surface area contributed by atoms with Crippen LogP contribution in [0.25, 0.3) is 0 Å². The third-order valence-electron chi connectivity index (χ3n) is 3.55. The molecule has 0 aliphatic carbocycles. The Morgan fingerprint density at radius 3 is 2.77 bits per heavy atom. The van der Waals surface area contributed by atoms with E-state index in [-0.39, 0.29) is 12.0 Å². The van der Waals surface area contributed by atoms with Crippen LogP contribution < -0.4 is 11.1 Å². The van der Waals surface area contributed by atoms with Crippen LogP contribution in [0.15, 0.2) is 35.7 Å². The Morgan fingerprint density at radius 2 is 2.14 bits per heavy atom. The second-order valence-corrected chi connectivity index (χ2v) is 6.20. The van der Waals surface area contributed by atoms with Gasteiger partial charge in [0, 0.05) is 12.5 Å². The van der Waals surface area contributed by atoms with Crippen molar-refractivity contribution in [2.75, 3.05) is 7.11 Å². The van der Waals surface area contributed by atoms with E-state index in [1.54, 1.807) is 14.0 Å². The van der Waals surface area contributed by atoms with Crippen LogP contribution in [0.1, 0.15) is 36.2 Å². The van der Waals surface area contributed by atoms with E-state index in [1.165, 1.54) is 11.3 Å². The van der Waals surface area contributed by atoms with Crippen LogP contribution in [-0.4, -0.2) is 18.0 Å². The molecule has 118 valence electrons. The van der Waals surface area contributed by atoms with Crippen molar-refractivity contribution in [3.8, 4) is 0 Å². The summed E-state index contributed by atoms with van der Waals surface area (Å²) in [4.78, 5) is 16.8. The van der Waals surface area contributed by atoms with Crippen molar-refractivity contribution in [3.63, 3.8) is 0 Å². The Morgan fingerprint density at radius 1 is 1.45 bits per heavy atom. The zero-order valence-electron chi connectivity index (χ0n) is 13.0. The van der Waals surface area contributed by atoms with Gasteiger partial charge in [-0.3, -0.25) is 4.79 Å². The van der Waals surface area contributed by atoms with Crippen LogP contribution in [0.4, 0.5) is 0 Å². The first-order valence-electron chi connectivity index (χ1n) is 7.05. The number of ether oxygens (including phenoxy) is 1. The van der Waals surface area contributed by atoms with Gasteiger partial charge in [0.15, 0.2) is 0 Å². The summed E-state index contributed by atoms with van der Waals surface area (Å²) in [5.74, 6) is -0.229. The fourth-order valence-electron chi connectivity index (χ4n) is 1.96. The molecule has 0 radical (unpaired) electrons. The van der Waals surface area contributed by atoms with E-state index in [4.69, 9.17) is 10.5 Å².